The summed E-state index contributed by atoms with van der Waals surface area (Å²) >= 11 is 3.31. The van der Waals surface area contributed by atoms with E-state index in [0.717, 1.165) is 23.7 Å². The van der Waals surface area contributed by atoms with E-state index in [2.05, 4.69) is 27.3 Å². The van der Waals surface area contributed by atoms with Crippen LogP contribution in [-0.2, 0) is 9.53 Å². The maximum Gasteiger partial charge on any atom is 0.338 e. The van der Waals surface area contributed by atoms with E-state index in [1.165, 1.54) is 18.4 Å². The number of rotatable bonds is 6. The molecule has 1 aliphatic carbocycles. The summed E-state index contributed by atoms with van der Waals surface area (Å²) in [5.41, 5.74) is 1.84. The second-order valence-corrected chi connectivity index (χ2v) is 6.62. The highest BCUT2D eigenvalue weighted by Crippen LogP contribution is 2.19. The predicted molar refractivity (Wildman–Crippen MR) is 93.2 cm³/mol. The first-order chi connectivity index (χ1) is 11.1. The van der Waals surface area contributed by atoms with Crippen LogP contribution >= 0.6 is 15.9 Å². The van der Waals surface area contributed by atoms with Crippen LogP contribution in [0.2, 0.25) is 0 Å². The van der Waals surface area contributed by atoms with Gasteiger partial charge in [0.1, 0.15) is 0 Å². The topological polar surface area (TPSA) is 55.4 Å². The molecule has 1 aromatic rings. The number of hydrogen-bond acceptors (Lipinski definition) is 3. The van der Waals surface area contributed by atoms with E-state index in [1.54, 1.807) is 31.2 Å². The van der Waals surface area contributed by atoms with Crippen LogP contribution in [0.15, 0.2) is 40.4 Å². The Bertz CT molecular complexity index is 580. The third kappa shape index (κ3) is 5.82. The van der Waals surface area contributed by atoms with Gasteiger partial charge in [-0.1, -0.05) is 27.6 Å². The van der Waals surface area contributed by atoms with Gasteiger partial charge in [-0.05, 0) is 63.3 Å². The molecule has 0 aromatic heterocycles. The first-order valence-corrected chi connectivity index (χ1v) is 8.78. The Morgan fingerprint density at radius 1 is 1.26 bits per heavy atom. The maximum absolute atomic E-state index is 12.0. The average molecular weight is 380 g/mol. The second kappa shape index (κ2) is 8.87. The predicted octanol–water partition coefficient (Wildman–Crippen LogP) is 4.00. The van der Waals surface area contributed by atoms with E-state index in [9.17, 15) is 9.59 Å². The largest absolute Gasteiger partial charge is 0.449 e. The summed E-state index contributed by atoms with van der Waals surface area (Å²) in [5, 5.41) is 2.83. The first kappa shape index (κ1) is 17.7. The molecule has 0 unspecified atom stereocenters. The molecule has 0 bridgehead atoms. The van der Waals surface area contributed by atoms with Crippen molar-refractivity contribution in [2.75, 3.05) is 6.54 Å². The quantitative estimate of drug-likeness (QED) is 0.600. The number of allylic oxidation sites excluding steroid dienone is 1. The van der Waals surface area contributed by atoms with Gasteiger partial charge in [0, 0.05) is 11.0 Å². The highest BCUT2D eigenvalue weighted by Gasteiger charge is 2.18. The van der Waals surface area contributed by atoms with Gasteiger partial charge in [0.2, 0.25) is 0 Å². The van der Waals surface area contributed by atoms with Crippen molar-refractivity contribution >= 4 is 27.8 Å². The molecule has 0 fully saturated rings. The lowest BCUT2D eigenvalue weighted by molar-refractivity contribution is -0.129. The van der Waals surface area contributed by atoms with E-state index in [-0.39, 0.29) is 5.91 Å². The van der Waals surface area contributed by atoms with Crippen LogP contribution in [0.25, 0.3) is 0 Å². The molecule has 1 aliphatic rings. The summed E-state index contributed by atoms with van der Waals surface area (Å²) < 4.78 is 6.09. The summed E-state index contributed by atoms with van der Waals surface area (Å²) in [4.78, 5) is 24.0. The molecule has 0 aliphatic heterocycles. The van der Waals surface area contributed by atoms with Gasteiger partial charge in [0.05, 0.1) is 5.56 Å². The molecule has 1 atom stereocenters. The normalized spacial score (nSPS) is 15.5. The summed E-state index contributed by atoms with van der Waals surface area (Å²) in [6, 6.07) is 6.84. The van der Waals surface area contributed by atoms with E-state index >= 15 is 0 Å². The zero-order valence-corrected chi connectivity index (χ0v) is 14.9. The second-order valence-electron chi connectivity index (χ2n) is 5.70. The SMILES string of the molecule is C[C@H](OC(=O)c1ccc(Br)cc1)C(=O)NCCC1=CCCCC1. The molecule has 124 valence electrons. The number of nitrogens with one attached hydrogen (secondary N) is 1. The van der Waals surface area contributed by atoms with Crippen LogP contribution in [0.5, 0.6) is 0 Å². The third-order valence-electron chi connectivity index (χ3n) is 3.86. The molecule has 0 spiro atoms. The van der Waals surface area contributed by atoms with Crippen LogP contribution < -0.4 is 5.32 Å². The molecule has 1 amide bonds. The summed E-state index contributed by atoms with van der Waals surface area (Å²) in [7, 11) is 0. The van der Waals surface area contributed by atoms with Crippen molar-refractivity contribution in [2.24, 2.45) is 0 Å². The van der Waals surface area contributed by atoms with Gasteiger partial charge in [-0.15, -0.1) is 0 Å². The fourth-order valence-corrected chi connectivity index (χ4v) is 2.75. The van der Waals surface area contributed by atoms with Crippen LogP contribution in [0.3, 0.4) is 0 Å². The number of carbonyl (C=O) groups excluding carboxylic acids is 2. The summed E-state index contributed by atoms with van der Waals surface area (Å²) in [6.45, 7) is 2.18. The fraction of sp³-hybridized carbons (Fsp3) is 0.444. The lowest BCUT2D eigenvalue weighted by atomic mass is 9.97. The first-order valence-electron chi connectivity index (χ1n) is 7.98. The molecule has 0 saturated carbocycles. The van der Waals surface area contributed by atoms with Crippen molar-refractivity contribution in [1.29, 1.82) is 0 Å². The number of halogens is 1. The number of benzene rings is 1. The standard InChI is InChI=1S/C18H22BrNO3/c1-13(23-18(22)15-7-9-16(19)10-8-15)17(21)20-12-11-14-5-3-2-4-6-14/h5,7-10,13H,2-4,6,11-12H2,1H3,(H,20,21)/t13-/m0/s1. The number of esters is 1. The Balaban J connectivity index is 1.74. The van der Waals surface area contributed by atoms with E-state index in [0.29, 0.717) is 12.1 Å². The Hall–Kier alpha value is -1.62. The highest BCUT2D eigenvalue weighted by molar-refractivity contribution is 9.10. The van der Waals surface area contributed by atoms with Gasteiger partial charge in [-0.2, -0.15) is 0 Å². The lowest BCUT2D eigenvalue weighted by Crippen LogP contribution is -2.36. The molecule has 0 heterocycles. The van der Waals surface area contributed by atoms with Crippen LogP contribution in [0.1, 0.15) is 49.4 Å². The molecular weight excluding hydrogens is 358 g/mol. The van der Waals surface area contributed by atoms with E-state index in [4.69, 9.17) is 4.74 Å². The Labute approximate surface area is 145 Å². The van der Waals surface area contributed by atoms with Crippen molar-refractivity contribution in [3.63, 3.8) is 0 Å². The Kier molecular flexibility index (Phi) is 6.84. The minimum absolute atomic E-state index is 0.258. The average Bonchev–Trinajstić information content (AvgIpc) is 2.56. The summed E-state index contributed by atoms with van der Waals surface area (Å²) in [5.74, 6) is -0.748. The number of amides is 1. The zero-order valence-electron chi connectivity index (χ0n) is 13.3. The van der Waals surface area contributed by atoms with E-state index in [1.807, 2.05) is 0 Å². The van der Waals surface area contributed by atoms with Crippen LogP contribution in [0.4, 0.5) is 0 Å². The molecule has 4 nitrogen and oxygen atoms in total. The van der Waals surface area contributed by atoms with Crippen molar-refractivity contribution < 1.29 is 14.3 Å². The zero-order chi connectivity index (χ0) is 16.7. The number of hydrogen-bond donors (Lipinski definition) is 1. The summed E-state index contributed by atoms with van der Waals surface area (Å²) in [6.07, 6.45) is 7.12. The van der Waals surface area contributed by atoms with Crippen molar-refractivity contribution in [3.05, 3.63) is 46.0 Å². The molecule has 23 heavy (non-hydrogen) atoms. The molecule has 1 N–H and O–H groups in total. The number of carbonyl (C=O) groups is 2. The minimum Gasteiger partial charge on any atom is -0.449 e. The van der Waals surface area contributed by atoms with Gasteiger partial charge in [-0.3, -0.25) is 4.79 Å². The Morgan fingerprint density at radius 2 is 2.00 bits per heavy atom. The fourth-order valence-electron chi connectivity index (χ4n) is 2.49. The van der Waals surface area contributed by atoms with Gasteiger partial charge < -0.3 is 10.1 Å². The minimum atomic E-state index is -0.800. The highest BCUT2D eigenvalue weighted by atomic mass is 79.9. The smallest absolute Gasteiger partial charge is 0.338 e. The van der Waals surface area contributed by atoms with Crippen molar-refractivity contribution in [2.45, 2.75) is 45.1 Å². The number of ether oxygens (including phenoxy) is 1. The molecule has 0 radical (unpaired) electrons. The van der Waals surface area contributed by atoms with Gasteiger partial charge in [0.15, 0.2) is 6.10 Å². The monoisotopic (exact) mass is 379 g/mol. The molecule has 5 heteroatoms. The molecule has 0 saturated heterocycles. The van der Waals surface area contributed by atoms with E-state index < -0.39 is 12.1 Å². The van der Waals surface area contributed by atoms with Crippen molar-refractivity contribution in [1.82, 2.24) is 5.32 Å². The molecule has 1 aromatic carbocycles. The molecule has 2 rings (SSSR count). The van der Waals surface area contributed by atoms with Crippen LogP contribution in [-0.4, -0.2) is 24.5 Å². The Morgan fingerprint density at radius 3 is 2.65 bits per heavy atom. The van der Waals surface area contributed by atoms with Crippen LogP contribution in [0, 0.1) is 0 Å². The maximum atomic E-state index is 12.0. The van der Waals surface area contributed by atoms with Crippen molar-refractivity contribution in [3.8, 4) is 0 Å². The van der Waals surface area contributed by atoms with Gasteiger partial charge >= 0.3 is 5.97 Å². The lowest BCUT2D eigenvalue weighted by Gasteiger charge is -2.15. The molecular formula is C18H22BrNO3. The van der Waals surface area contributed by atoms with Gasteiger partial charge in [0.25, 0.3) is 5.91 Å². The third-order valence-corrected chi connectivity index (χ3v) is 4.39. The van der Waals surface area contributed by atoms with Gasteiger partial charge in [-0.25, -0.2) is 4.79 Å².